The molecule has 6 heteroatoms. The Labute approximate surface area is 146 Å². The molecule has 0 aliphatic carbocycles. The third-order valence-electron chi connectivity index (χ3n) is 3.37. The Balaban J connectivity index is 1.86. The van der Waals surface area contributed by atoms with Crippen molar-refractivity contribution >= 4 is 11.9 Å². The summed E-state index contributed by atoms with van der Waals surface area (Å²) < 4.78 is 15.6. The minimum absolute atomic E-state index is 0.288. The highest BCUT2D eigenvalue weighted by Gasteiger charge is 2.13. The number of esters is 1. The second kappa shape index (κ2) is 9.32. The number of carbonyl (C=O) groups is 2. The Morgan fingerprint density at radius 1 is 1.04 bits per heavy atom. The van der Waals surface area contributed by atoms with Crippen LogP contribution in [0.15, 0.2) is 48.5 Å². The van der Waals surface area contributed by atoms with Gasteiger partial charge in [-0.05, 0) is 30.7 Å². The minimum atomic E-state index is -0.601. The Hall–Kier alpha value is -3.02. The lowest BCUT2D eigenvalue weighted by atomic mass is 10.2. The van der Waals surface area contributed by atoms with Gasteiger partial charge in [0.15, 0.2) is 18.1 Å². The number of carbonyl (C=O) groups excluding carboxylic acids is 2. The van der Waals surface area contributed by atoms with Crippen molar-refractivity contribution in [2.45, 2.75) is 13.5 Å². The maximum Gasteiger partial charge on any atom is 0.338 e. The first kappa shape index (κ1) is 18.3. The van der Waals surface area contributed by atoms with Gasteiger partial charge in [0.25, 0.3) is 5.91 Å². The van der Waals surface area contributed by atoms with Crippen LogP contribution < -0.4 is 14.8 Å². The molecule has 0 fully saturated rings. The summed E-state index contributed by atoms with van der Waals surface area (Å²) in [6, 6.07) is 14.2. The molecule has 0 aliphatic rings. The Bertz CT molecular complexity index is 715. The van der Waals surface area contributed by atoms with Gasteiger partial charge in [-0.2, -0.15) is 0 Å². The number of benzene rings is 2. The van der Waals surface area contributed by atoms with Crippen molar-refractivity contribution in [1.29, 1.82) is 0 Å². The molecule has 0 aromatic heterocycles. The van der Waals surface area contributed by atoms with Crippen LogP contribution in [0.1, 0.15) is 22.8 Å². The average molecular weight is 343 g/mol. The predicted octanol–water partition coefficient (Wildman–Crippen LogP) is 2.57. The van der Waals surface area contributed by atoms with E-state index in [9.17, 15) is 9.59 Å². The summed E-state index contributed by atoms with van der Waals surface area (Å²) in [5.41, 5.74) is 1.26. The maximum atomic E-state index is 12.1. The van der Waals surface area contributed by atoms with Crippen LogP contribution in [0.2, 0.25) is 0 Å². The molecule has 0 radical (unpaired) electrons. The number of hydrogen-bond acceptors (Lipinski definition) is 5. The molecule has 1 amide bonds. The van der Waals surface area contributed by atoms with Crippen LogP contribution >= 0.6 is 0 Å². The summed E-state index contributed by atoms with van der Waals surface area (Å²) in [7, 11) is 1.49. The van der Waals surface area contributed by atoms with Crippen molar-refractivity contribution in [1.82, 2.24) is 5.32 Å². The van der Waals surface area contributed by atoms with Crippen molar-refractivity contribution in [3.63, 3.8) is 0 Å². The highest BCUT2D eigenvalue weighted by Crippen LogP contribution is 2.28. The van der Waals surface area contributed by atoms with Gasteiger partial charge >= 0.3 is 5.97 Å². The van der Waals surface area contributed by atoms with Gasteiger partial charge < -0.3 is 19.5 Å². The van der Waals surface area contributed by atoms with E-state index in [4.69, 9.17) is 14.2 Å². The lowest BCUT2D eigenvalue weighted by molar-refractivity contribution is -0.124. The summed E-state index contributed by atoms with van der Waals surface area (Å²) in [6.45, 7) is 2.38. The van der Waals surface area contributed by atoms with Crippen molar-refractivity contribution in [3.05, 3.63) is 59.7 Å². The van der Waals surface area contributed by atoms with Crippen LogP contribution in [0, 0.1) is 0 Å². The van der Waals surface area contributed by atoms with Gasteiger partial charge in [0.05, 0.1) is 19.3 Å². The van der Waals surface area contributed by atoms with Gasteiger partial charge in [-0.25, -0.2) is 4.79 Å². The Morgan fingerprint density at radius 2 is 1.80 bits per heavy atom. The lowest BCUT2D eigenvalue weighted by Crippen LogP contribution is -2.28. The molecule has 1 N–H and O–H groups in total. The second-order valence-electron chi connectivity index (χ2n) is 5.14. The zero-order valence-electron chi connectivity index (χ0n) is 14.3. The molecule has 0 saturated carbocycles. The summed E-state index contributed by atoms with van der Waals surface area (Å²) in [5.74, 6) is 0.0123. The highest BCUT2D eigenvalue weighted by atomic mass is 16.5. The first-order valence-corrected chi connectivity index (χ1v) is 7.92. The van der Waals surface area contributed by atoms with Gasteiger partial charge in [-0.15, -0.1) is 0 Å². The van der Waals surface area contributed by atoms with E-state index in [1.807, 2.05) is 37.3 Å². The maximum absolute atomic E-state index is 12.1. The summed E-state index contributed by atoms with van der Waals surface area (Å²) >= 11 is 0. The van der Waals surface area contributed by atoms with E-state index in [1.165, 1.54) is 13.2 Å². The van der Waals surface area contributed by atoms with Crippen LogP contribution in [0.3, 0.4) is 0 Å². The third kappa shape index (κ3) is 5.53. The van der Waals surface area contributed by atoms with E-state index in [0.717, 1.165) is 5.56 Å². The SMILES string of the molecule is CCOc1ccc(C(=O)OCC(=O)NCc2ccccc2)cc1OC. The van der Waals surface area contributed by atoms with Crippen molar-refractivity contribution < 1.29 is 23.8 Å². The molecule has 2 aromatic carbocycles. The zero-order valence-corrected chi connectivity index (χ0v) is 14.3. The van der Waals surface area contributed by atoms with Crippen molar-refractivity contribution in [2.24, 2.45) is 0 Å². The predicted molar refractivity (Wildman–Crippen MR) is 92.7 cm³/mol. The van der Waals surface area contributed by atoms with E-state index in [1.54, 1.807) is 12.1 Å². The number of amides is 1. The molecule has 2 rings (SSSR count). The average Bonchev–Trinajstić information content (AvgIpc) is 2.65. The van der Waals surface area contributed by atoms with E-state index in [2.05, 4.69) is 5.32 Å². The van der Waals surface area contributed by atoms with Crippen LogP contribution in [0.5, 0.6) is 11.5 Å². The van der Waals surface area contributed by atoms with Gasteiger partial charge in [0.2, 0.25) is 0 Å². The molecular weight excluding hydrogens is 322 g/mol. The molecule has 0 atom stereocenters. The molecule has 132 valence electrons. The fourth-order valence-electron chi connectivity index (χ4n) is 2.13. The Morgan fingerprint density at radius 3 is 2.48 bits per heavy atom. The topological polar surface area (TPSA) is 73.9 Å². The highest BCUT2D eigenvalue weighted by molar-refractivity contribution is 5.92. The smallest absolute Gasteiger partial charge is 0.338 e. The van der Waals surface area contributed by atoms with Gasteiger partial charge in [-0.1, -0.05) is 30.3 Å². The molecule has 6 nitrogen and oxygen atoms in total. The van der Waals surface area contributed by atoms with Crippen LogP contribution in [0.4, 0.5) is 0 Å². The molecule has 0 heterocycles. The molecular formula is C19H21NO5. The molecule has 0 unspecified atom stereocenters. The summed E-state index contributed by atoms with van der Waals surface area (Å²) in [6.07, 6.45) is 0. The normalized spacial score (nSPS) is 10.0. The molecule has 25 heavy (non-hydrogen) atoms. The van der Waals surface area contributed by atoms with E-state index < -0.39 is 5.97 Å². The van der Waals surface area contributed by atoms with E-state index >= 15 is 0 Å². The first-order valence-electron chi connectivity index (χ1n) is 7.92. The number of rotatable bonds is 8. The number of hydrogen-bond donors (Lipinski definition) is 1. The summed E-state index contributed by atoms with van der Waals surface area (Å²) in [5, 5.41) is 2.69. The molecule has 0 spiro atoms. The van der Waals surface area contributed by atoms with Gasteiger partial charge in [0.1, 0.15) is 0 Å². The van der Waals surface area contributed by atoms with Crippen molar-refractivity contribution in [3.8, 4) is 11.5 Å². The number of ether oxygens (including phenoxy) is 3. The van der Waals surface area contributed by atoms with E-state index in [0.29, 0.717) is 24.7 Å². The van der Waals surface area contributed by atoms with Gasteiger partial charge in [0, 0.05) is 6.54 Å². The third-order valence-corrected chi connectivity index (χ3v) is 3.37. The zero-order chi connectivity index (χ0) is 18.1. The Kier molecular flexibility index (Phi) is 6.83. The number of methoxy groups -OCH3 is 1. The second-order valence-corrected chi connectivity index (χ2v) is 5.14. The molecule has 2 aromatic rings. The minimum Gasteiger partial charge on any atom is -0.493 e. The fraction of sp³-hybridized carbons (Fsp3) is 0.263. The molecule has 0 aliphatic heterocycles. The fourth-order valence-corrected chi connectivity index (χ4v) is 2.13. The first-order chi connectivity index (χ1) is 12.1. The van der Waals surface area contributed by atoms with Crippen LogP contribution in [-0.4, -0.2) is 32.2 Å². The monoisotopic (exact) mass is 343 g/mol. The quantitative estimate of drug-likeness (QED) is 0.746. The largest absolute Gasteiger partial charge is 0.493 e. The molecule has 0 bridgehead atoms. The van der Waals surface area contributed by atoms with Crippen LogP contribution in [-0.2, 0) is 16.1 Å². The standard InChI is InChI=1S/C19H21NO5/c1-3-24-16-10-9-15(11-17(16)23-2)19(22)25-13-18(21)20-12-14-7-5-4-6-8-14/h4-11H,3,12-13H2,1-2H3,(H,20,21). The number of nitrogens with one attached hydrogen (secondary N) is 1. The van der Waals surface area contributed by atoms with Crippen LogP contribution in [0.25, 0.3) is 0 Å². The van der Waals surface area contributed by atoms with Gasteiger partial charge in [-0.3, -0.25) is 4.79 Å². The van der Waals surface area contributed by atoms with Crippen molar-refractivity contribution in [2.75, 3.05) is 20.3 Å². The molecule has 0 saturated heterocycles. The van der Waals surface area contributed by atoms with E-state index in [-0.39, 0.29) is 18.1 Å². The lowest BCUT2D eigenvalue weighted by Gasteiger charge is -2.11. The summed E-state index contributed by atoms with van der Waals surface area (Å²) in [4.78, 5) is 23.8.